The van der Waals surface area contributed by atoms with E-state index in [0.717, 1.165) is 38.6 Å². The monoisotopic (exact) mass is 359 g/mol. The van der Waals surface area contributed by atoms with Crippen LogP contribution in [0.5, 0.6) is 0 Å². The Balaban J connectivity index is 1.38. The van der Waals surface area contributed by atoms with Gasteiger partial charge in [-0.05, 0) is 55.0 Å². The Morgan fingerprint density at radius 1 is 1.20 bits per heavy atom. The molecule has 3 heterocycles. The number of fused-ring (bicyclic) bond motifs is 1. The minimum Gasteiger partial charge on any atom is -0.323 e. The van der Waals surface area contributed by atoms with Gasteiger partial charge in [-0.3, -0.25) is 9.69 Å². The number of imide groups is 1. The molecule has 3 fully saturated rings. The number of carbonyl (C=O) groups is 2. The summed E-state index contributed by atoms with van der Waals surface area (Å²) in [6, 6.07) is 2.46. The fourth-order valence-corrected chi connectivity index (χ4v) is 5.91. The van der Waals surface area contributed by atoms with Gasteiger partial charge in [-0.15, -0.1) is 11.3 Å². The molecule has 0 unspecified atom stereocenters. The number of nitrogens with zero attached hydrogens (tertiary/aromatic N) is 2. The third-order valence-corrected chi connectivity index (χ3v) is 7.46. The zero-order chi connectivity index (χ0) is 17.0. The second-order valence-electron chi connectivity index (χ2n) is 8.09. The Labute approximate surface area is 152 Å². The van der Waals surface area contributed by atoms with Gasteiger partial charge < -0.3 is 5.32 Å². The molecule has 5 nitrogen and oxygen atoms in total. The minimum absolute atomic E-state index is 0.0165. The highest BCUT2D eigenvalue weighted by atomic mass is 32.1. The van der Waals surface area contributed by atoms with Gasteiger partial charge in [-0.2, -0.15) is 0 Å². The number of carbonyl (C=O) groups excluding carboxylic acids is 2. The van der Waals surface area contributed by atoms with E-state index in [1.807, 2.05) is 11.3 Å². The maximum atomic E-state index is 13.1. The summed E-state index contributed by atoms with van der Waals surface area (Å²) >= 11 is 1.85. The third-order valence-electron chi connectivity index (χ3n) is 6.46. The number of hydrogen-bond acceptors (Lipinski definition) is 4. The summed E-state index contributed by atoms with van der Waals surface area (Å²) in [4.78, 5) is 31.0. The summed E-state index contributed by atoms with van der Waals surface area (Å²) in [5.74, 6) is 0.709. The molecule has 1 aromatic rings. The normalized spacial score (nSPS) is 29.1. The molecule has 25 heavy (non-hydrogen) atoms. The van der Waals surface area contributed by atoms with Crippen LogP contribution in [0, 0.1) is 5.92 Å². The van der Waals surface area contributed by atoms with Crippen molar-refractivity contribution in [2.75, 3.05) is 13.2 Å². The molecular weight excluding hydrogens is 334 g/mol. The van der Waals surface area contributed by atoms with Crippen molar-refractivity contribution in [3.63, 3.8) is 0 Å². The third kappa shape index (κ3) is 2.53. The molecule has 6 heteroatoms. The molecule has 134 valence electrons. The topological polar surface area (TPSA) is 52.7 Å². The fourth-order valence-electron chi connectivity index (χ4n) is 5.00. The Morgan fingerprint density at radius 3 is 2.76 bits per heavy atom. The van der Waals surface area contributed by atoms with E-state index in [9.17, 15) is 9.59 Å². The second-order valence-corrected chi connectivity index (χ2v) is 9.09. The average molecular weight is 359 g/mol. The average Bonchev–Trinajstić information content (AvgIpc) is 3.30. The molecule has 0 aromatic carbocycles. The molecule has 0 bridgehead atoms. The van der Waals surface area contributed by atoms with Crippen molar-refractivity contribution in [3.05, 3.63) is 21.9 Å². The molecule has 2 aliphatic heterocycles. The minimum atomic E-state index is -0.603. The molecule has 1 atom stereocenters. The first-order chi connectivity index (χ1) is 12.2. The first-order valence-corrected chi connectivity index (χ1v) is 10.5. The lowest BCUT2D eigenvalue weighted by atomic mass is 9.82. The summed E-state index contributed by atoms with van der Waals surface area (Å²) in [6.07, 6.45) is 8.40. The molecule has 3 amide bonds. The van der Waals surface area contributed by atoms with Crippen LogP contribution in [0.3, 0.4) is 0 Å². The highest BCUT2D eigenvalue weighted by molar-refractivity contribution is 7.10. The van der Waals surface area contributed by atoms with Gasteiger partial charge in [0.15, 0.2) is 0 Å². The molecular formula is C19H25N3O2S. The Morgan fingerprint density at radius 2 is 2.00 bits per heavy atom. The van der Waals surface area contributed by atoms with Crippen molar-refractivity contribution in [1.82, 2.24) is 15.1 Å². The number of amides is 3. The fraction of sp³-hybridized carbons (Fsp3) is 0.684. The van der Waals surface area contributed by atoms with Crippen LogP contribution in [-0.2, 0) is 11.2 Å². The number of thiophene rings is 1. The maximum Gasteiger partial charge on any atom is 0.326 e. The molecule has 1 N–H and O–H groups in total. The quantitative estimate of drug-likeness (QED) is 0.843. The van der Waals surface area contributed by atoms with Gasteiger partial charge in [-0.1, -0.05) is 19.3 Å². The van der Waals surface area contributed by atoms with Crippen LogP contribution in [-0.4, -0.2) is 40.5 Å². The van der Waals surface area contributed by atoms with Crippen LogP contribution in [0.25, 0.3) is 0 Å². The van der Waals surface area contributed by atoms with Crippen LogP contribution in [0.1, 0.15) is 61.4 Å². The van der Waals surface area contributed by atoms with Gasteiger partial charge in [0, 0.05) is 17.5 Å². The van der Waals surface area contributed by atoms with E-state index in [0.29, 0.717) is 18.6 Å². The van der Waals surface area contributed by atoms with Crippen LogP contribution in [0.4, 0.5) is 4.79 Å². The maximum absolute atomic E-state index is 13.1. The summed E-state index contributed by atoms with van der Waals surface area (Å²) in [7, 11) is 0. The lowest BCUT2D eigenvalue weighted by Gasteiger charge is -2.38. The van der Waals surface area contributed by atoms with Gasteiger partial charge in [0.25, 0.3) is 5.91 Å². The van der Waals surface area contributed by atoms with Gasteiger partial charge in [0.2, 0.25) is 0 Å². The van der Waals surface area contributed by atoms with Gasteiger partial charge in [0.1, 0.15) is 5.54 Å². The van der Waals surface area contributed by atoms with Gasteiger partial charge in [-0.25, -0.2) is 9.69 Å². The standard InChI is InChI=1S/C19H25N3O2S/c23-17-19(8-2-1-3-9-19)20-18(24)22(17)12-21-10-6-15-14(7-11-25-15)16(21)13-4-5-13/h7,11,13,16H,1-6,8-10,12H2,(H,20,24)/t16-/m0/s1. The molecule has 0 radical (unpaired) electrons. The zero-order valence-electron chi connectivity index (χ0n) is 14.5. The van der Waals surface area contributed by atoms with Crippen LogP contribution >= 0.6 is 11.3 Å². The van der Waals surface area contributed by atoms with Crippen LogP contribution < -0.4 is 5.32 Å². The van der Waals surface area contributed by atoms with Crippen molar-refractivity contribution < 1.29 is 9.59 Å². The molecule has 2 aliphatic carbocycles. The highest BCUT2D eigenvalue weighted by Crippen LogP contribution is 2.48. The van der Waals surface area contributed by atoms with E-state index < -0.39 is 5.54 Å². The highest BCUT2D eigenvalue weighted by Gasteiger charge is 2.52. The first kappa shape index (κ1) is 15.8. The molecule has 4 aliphatic rings. The predicted molar refractivity (Wildman–Crippen MR) is 96.3 cm³/mol. The number of nitrogens with one attached hydrogen (secondary N) is 1. The van der Waals surface area contributed by atoms with E-state index in [2.05, 4.69) is 21.7 Å². The van der Waals surface area contributed by atoms with E-state index in [-0.39, 0.29) is 11.9 Å². The van der Waals surface area contributed by atoms with E-state index in [4.69, 9.17) is 0 Å². The Hall–Kier alpha value is -1.40. The summed E-state index contributed by atoms with van der Waals surface area (Å²) in [6.45, 7) is 1.39. The largest absolute Gasteiger partial charge is 0.326 e. The second kappa shape index (κ2) is 5.81. The zero-order valence-corrected chi connectivity index (χ0v) is 15.3. The van der Waals surface area contributed by atoms with Crippen molar-refractivity contribution >= 4 is 23.3 Å². The Bertz CT molecular complexity index is 705. The SMILES string of the molecule is O=C1NC2(CCCCC2)C(=O)N1CN1CCc2sccc2[C@@H]1C1CC1. The van der Waals surface area contributed by atoms with E-state index in [1.165, 1.54) is 34.6 Å². The smallest absolute Gasteiger partial charge is 0.323 e. The molecule has 1 aromatic heterocycles. The summed E-state index contributed by atoms with van der Waals surface area (Å²) in [5.41, 5.74) is 0.839. The molecule has 1 saturated heterocycles. The van der Waals surface area contributed by atoms with Crippen LogP contribution in [0.15, 0.2) is 11.4 Å². The first-order valence-electron chi connectivity index (χ1n) is 9.62. The molecule has 2 saturated carbocycles. The van der Waals surface area contributed by atoms with Crippen molar-refractivity contribution in [1.29, 1.82) is 0 Å². The summed E-state index contributed by atoms with van der Waals surface area (Å²) < 4.78 is 0. The number of rotatable bonds is 3. The van der Waals surface area contributed by atoms with Crippen molar-refractivity contribution in [2.24, 2.45) is 5.92 Å². The summed E-state index contributed by atoms with van der Waals surface area (Å²) in [5, 5.41) is 5.23. The predicted octanol–water partition coefficient (Wildman–Crippen LogP) is 3.27. The molecule has 5 rings (SSSR count). The number of urea groups is 1. The van der Waals surface area contributed by atoms with Gasteiger partial charge >= 0.3 is 6.03 Å². The van der Waals surface area contributed by atoms with E-state index in [1.54, 1.807) is 0 Å². The van der Waals surface area contributed by atoms with Crippen molar-refractivity contribution in [2.45, 2.75) is 62.9 Å². The number of hydrogen-bond donors (Lipinski definition) is 1. The van der Waals surface area contributed by atoms with Gasteiger partial charge in [0.05, 0.1) is 6.67 Å². The molecule has 1 spiro atoms. The lowest BCUT2D eigenvalue weighted by molar-refractivity contribution is -0.134. The lowest BCUT2D eigenvalue weighted by Crippen LogP contribution is -2.50. The van der Waals surface area contributed by atoms with Crippen LogP contribution in [0.2, 0.25) is 0 Å². The van der Waals surface area contributed by atoms with Crippen molar-refractivity contribution in [3.8, 4) is 0 Å². The van der Waals surface area contributed by atoms with E-state index >= 15 is 0 Å². The Kier molecular flexibility index (Phi) is 3.68.